The molecule has 145 heavy (non-hydrogen) atoms. The fourth-order valence-corrected chi connectivity index (χ4v) is 22.8. The van der Waals surface area contributed by atoms with Gasteiger partial charge in [-0.2, -0.15) is 0 Å². The highest BCUT2D eigenvalue weighted by atomic mass is 32.1. The highest BCUT2D eigenvalue weighted by Crippen LogP contribution is 2.44. The van der Waals surface area contributed by atoms with E-state index in [1.54, 1.807) is 0 Å². The van der Waals surface area contributed by atoms with Gasteiger partial charge in [-0.25, -0.2) is 0 Å². The van der Waals surface area contributed by atoms with Gasteiger partial charge in [0, 0.05) is 24.5 Å². The molecular weight excluding hydrogens is 1900 g/mol. The lowest BCUT2D eigenvalue weighted by Gasteiger charge is -2.29. The maximum atomic E-state index is 5.87. The molecule has 0 aliphatic heterocycles. The van der Waals surface area contributed by atoms with Gasteiger partial charge < -0.3 is 23.7 Å². The van der Waals surface area contributed by atoms with Gasteiger partial charge in [0.25, 0.3) is 0 Å². The smallest absolute Gasteiger partial charge is 0.119 e. The molecule has 5 aliphatic carbocycles. The lowest BCUT2D eigenvalue weighted by molar-refractivity contribution is 0.300. The van der Waals surface area contributed by atoms with Gasteiger partial charge in [-0.3, -0.25) is 23.5 Å². The molecule has 0 amide bonds. The van der Waals surface area contributed by atoms with Crippen LogP contribution < -0.4 is 23.7 Å². The summed E-state index contributed by atoms with van der Waals surface area (Å²) in [6.07, 6.45) is 70.6. The summed E-state index contributed by atoms with van der Waals surface area (Å²) < 4.78 is 29.4. The van der Waals surface area contributed by atoms with Crippen LogP contribution in [0.4, 0.5) is 23.5 Å². The molecule has 0 spiro atoms. The van der Waals surface area contributed by atoms with E-state index in [9.17, 15) is 0 Å². The van der Waals surface area contributed by atoms with E-state index in [-0.39, 0.29) is 23.5 Å². The van der Waals surface area contributed by atoms with Crippen LogP contribution in [-0.2, 0) is 33.0 Å². The van der Waals surface area contributed by atoms with E-state index in [2.05, 4.69) is 219 Å². The Bertz CT molecular complexity index is 4090. The molecule has 5 nitrogen and oxygen atoms in total. The van der Waals surface area contributed by atoms with Crippen LogP contribution in [-0.4, -0.2) is 0 Å². The lowest BCUT2D eigenvalue weighted by atomic mass is 9.77. The third-order valence-electron chi connectivity index (χ3n) is 31.3. The Balaban J connectivity index is 0.000000275. The molecule has 0 N–H and O–H groups in total. The van der Waals surface area contributed by atoms with E-state index in [4.69, 9.17) is 23.7 Å². The molecule has 0 aromatic heterocycles. The first-order chi connectivity index (χ1) is 68.7. The van der Waals surface area contributed by atoms with Gasteiger partial charge in [-0.1, -0.05) is 349 Å². The van der Waals surface area contributed by atoms with Crippen molar-refractivity contribution in [1.29, 1.82) is 0 Å². The minimum absolute atomic E-state index is 0. The average Bonchev–Trinajstić information content (AvgIpc) is 0.863. The van der Waals surface area contributed by atoms with Crippen molar-refractivity contribution in [3.05, 3.63) is 298 Å². The van der Waals surface area contributed by atoms with Crippen molar-refractivity contribution in [3.63, 3.8) is 0 Å². The van der Waals surface area contributed by atoms with Crippen molar-refractivity contribution in [2.24, 2.45) is 29.6 Å². The third-order valence-corrected chi connectivity index (χ3v) is 32.8. The van der Waals surface area contributed by atoms with Crippen molar-refractivity contribution < 1.29 is 47.2 Å². The summed E-state index contributed by atoms with van der Waals surface area (Å²) in [5, 5.41) is 0. The summed E-state index contributed by atoms with van der Waals surface area (Å²) >= 11 is 21.5. The van der Waals surface area contributed by atoms with Gasteiger partial charge in [0.05, 0.1) is 0 Å². The molecule has 15 heteroatoms. The van der Waals surface area contributed by atoms with E-state index in [0.717, 1.165) is 112 Å². The Morgan fingerprint density at radius 1 is 0.166 bits per heavy atom. The van der Waals surface area contributed by atoms with Crippen LogP contribution >= 0.6 is 63.1 Å². The molecule has 0 atom stereocenters. The molecule has 0 bridgehead atoms. The van der Waals surface area contributed by atoms with E-state index < -0.39 is 0 Å². The highest BCUT2D eigenvalue weighted by molar-refractivity contribution is 7.81. The molecule has 5 saturated carbocycles. The number of thiol groups is 5. The zero-order valence-electron chi connectivity index (χ0n) is 89.1. The van der Waals surface area contributed by atoms with Gasteiger partial charge in [-0.15, -0.1) is 63.1 Å². The van der Waals surface area contributed by atoms with Gasteiger partial charge >= 0.3 is 0 Å². The standard InChI is InChI=1S/5C26H36OS.5FH/c5*1-2-3-4-5-6-7-21-8-12-23(13-9-21)24-14-10-22(11-15-24)20-27-25-16-18-26(28)19-17-25;;;;;/h5*10-11,14-19,21,23,28H,2-9,12-13,20H2,1H3;5*1H. The quantitative estimate of drug-likeness (QED) is 0.0149. The molecule has 10 aromatic rings. The molecule has 0 saturated heterocycles. The van der Waals surface area contributed by atoms with E-state index in [1.807, 2.05) is 121 Å². The van der Waals surface area contributed by atoms with E-state index in [1.165, 1.54) is 377 Å². The molecule has 15 rings (SSSR count). The molecule has 10 aromatic carbocycles. The number of hydrogen-bond donors (Lipinski definition) is 5. The Kier molecular flexibility index (Phi) is 65.6. The number of rotatable bonds is 50. The summed E-state index contributed by atoms with van der Waals surface area (Å²) in [7, 11) is 0. The summed E-state index contributed by atoms with van der Waals surface area (Å²) in [6.45, 7) is 14.6. The van der Waals surface area contributed by atoms with E-state index >= 15 is 0 Å². The number of hydrogen-bond acceptors (Lipinski definition) is 10. The van der Waals surface area contributed by atoms with Crippen LogP contribution in [0.15, 0.2) is 267 Å². The van der Waals surface area contributed by atoms with Crippen molar-refractivity contribution >= 4 is 63.1 Å². The SMILES string of the molecule is CCCCCCCC1CCC(c2ccc(COc3ccc(S)cc3)cc2)CC1.CCCCCCCC1CCC(c2ccc(COc3ccc(S)cc3)cc2)CC1.CCCCCCCC1CCC(c2ccc(COc3ccc(S)cc3)cc2)CC1.CCCCCCCC1CCC(c2ccc(COc3ccc(S)cc3)cc2)CC1.CCCCCCCC1CCC(c2ccc(COc3ccc(S)cc3)cc2)CC1.F.F.F.F.F. The lowest BCUT2D eigenvalue weighted by Crippen LogP contribution is -2.13. The average molecular weight is 2080 g/mol. The minimum atomic E-state index is 0. The molecule has 0 unspecified atom stereocenters. The second-order valence-corrected chi connectivity index (χ2v) is 44.8. The topological polar surface area (TPSA) is 46.2 Å². The first kappa shape index (κ1) is 126. The minimum Gasteiger partial charge on any atom is -0.489 e. The molecule has 0 heterocycles. The van der Waals surface area contributed by atoms with Crippen LogP contribution in [0, 0.1) is 29.6 Å². The number of unbranched alkanes of at least 4 members (excludes halogenated alkanes) is 20. The van der Waals surface area contributed by atoms with Crippen molar-refractivity contribution in [2.45, 2.75) is 443 Å². The molecule has 800 valence electrons. The predicted molar refractivity (Wildman–Crippen MR) is 625 cm³/mol. The van der Waals surface area contributed by atoms with Crippen LogP contribution in [0.5, 0.6) is 28.7 Å². The Labute approximate surface area is 902 Å². The summed E-state index contributed by atoms with van der Waals surface area (Å²) in [5.41, 5.74) is 13.8. The first-order valence-corrected chi connectivity index (χ1v) is 58.5. The Morgan fingerprint density at radius 2 is 0.297 bits per heavy atom. The van der Waals surface area contributed by atoms with Gasteiger partial charge in [0.15, 0.2) is 0 Å². The Hall–Kier alpha value is -7.40. The van der Waals surface area contributed by atoms with Crippen LogP contribution in [0.2, 0.25) is 0 Å². The van der Waals surface area contributed by atoms with Crippen LogP contribution in [0.3, 0.4) is 0 Å². The summed E-state index contributed by atoms with van der Waals surface area (Å²) in [5.74, 6) is 13.2. The first-order valence-electron chi connectivity index (χ1n) is 56.2. The Morgan fingerprint density at radius 3 is 0.428 bits per heavy atom. The van der Waals surface area contributed by atoms with Crippen molar-refractivity contribution in [1.82, 2.24) is 0 Å². The second-order valence-electron chi connectivity index (χ2n) is 42.2. The number of benzene rings is 10. The number of halogens is 5. The zero-order chi connectivity index (χ0) is 98.0. The highest BCUT2D eigenvalue weighted by Gasteiger charge is 2.28. The van der Waals surface area contributed by atoms with E-state index in [0.29, 0.717) is 33.0 Å². The summed E-state index contributed by atoms with van der Waals surface area (Å²) in [4.78, 5) is 4.81. The number of ether oxygens (including phenoxy) is 5. The largest absolute Gasteiger partial charge is 0.489 e. The monoisotopic (exact) mass is 2080 g/mol. The molecule has 5 aliphatic rings. The normalized spacial score (nSPS) is 18.8. The maximum absolute atomic E-state index is 5.87. The molecule has 5 fully saturated rings. The fraction of sp³-hybridized carbons (Fsp3) is 0.538. The summed E-state index contributed by atoms with van der Waals surface area (Å²) in [6, 6.07) is 85.0. The fourth-order valence-electron chi connectivity index (χ4n) is 22.1. The van der Waals surface area contributed by atoms with Crippen LogP contribution in [0.25, 0.3) is 0 Å². The van der Waals surface area contributed by atoms with Gasteiger partial charge in [0.2, 0.25) is 0 Å². The third kappa shape index (κ3) is 49.9. The maximum Gasteiger partial charge on any atom is 0.119 e. The van der Waals surface area contributed by atoms with Gasteiger partial charge in [-0.05, 0) is 365 Å². The molecular formula is C130H185F5O5S5. The van der Waals surface area contributed by atoms with Crippen molar-refractivity contribution in [3.8, 4) is 28.7 Å². The predicted octanol–water partition coefficient (Wildman–Crippen LogP) is 41.7. The molecule has 0 radical (unpaired) electrons. The second kappa shape index (κ2) is 75.3. The van der Waals surface area contributed by atoms with Crippen molar-refractivity contribution in [2.75, 3.05) is 0 Å². The van der Waals surface area contributed by atoms with Gasteiger partial charge in [0.1, 0.15) is 61.8 Å². The van der Waals surface area contributed by atoms with Crippen LogP contribution in [0.1, 0.15) is 441 Å². The zero-order valence-corrected chi connectivity index (χ0v) is 93.5.